The van der Waals surface area contributed by atoms with Crippen LogP contribution in [-0.4, -0.2) is 28.3 Å². The van der Waals surface area contributed by atoms with Gasteiger partial charge in [0, 0.05) is 10.9 Å². The second kappa shape index (κ2) is 8.18. The number of nitrogens with zero attached hydrogens (tertiary/aromatic N) is 2. The average Bonchev–Trinajstić information content (AvgIpc) is 3.05. The molecule has 6 heteroatoms. The largest absolute Gasteiger partial charge is 0.465 e. The number of ether oxygens (including phenoxy) is 1. The van der Waals surface area contributed by atoms with E-state index in [2.05, 4.69) is 47.4 Å². The fourth-order valence-electron chi connectivity index (χ4n) is 2.51. The van der Waals surface area contributed by atoms with Crippen molar-refractivity contribution >= 4 is 39.3 Å². The summed E-state index contributed by atoms with van der Waals surface area (Å²) in [5.41, 5.74) is 4.79. The number of aryl methyl sites for hydroxylation is 2. The molecular formula is C20H22N2O2S2. The Morgan fingerprint density at radius 2 is 2.04 bits per heavy atom. The highest BCUT2D eigenvalue weighted by molar-refractivity contribution is 8.00. The molecule has 0 radical (unpaired) electrons. The van der Waals surface area contributed by atoms with E-state index in [1.54, 1.807) is 17.7 Å². The summed E-state index contributed by atoms with van der Waals surface area (Å²) in [6, 6.07) is 6.45. The van der Waals surface area contributed by atoms with Gasteiger partial charge in [-0.05, 0) is 36.5 Å². The van der Waals surface area contributed by atoms with Gasteiger partial charge in [-0.1, -0.05) is 43.8 Å². The third kappa shape index (κ3) is 4.24. The first kappa shape index (κ1) is 18.9. The molecule has 3 rings (SSSR count). The van der Waals surface area contributed by atoms with Crippen molar-refractivity contribution in [2.75, 3.05) is 12.4 Å². The maximum Gasteiger partial charge on any atom is 0.316 e. The third-order valence-corrected chi connectivity index (χ3v) is 5.91. The van der Waals surface area contributed by atoms with Crippen molar-refractivity contribution in [1.29, 1.82) is 0 Å². The first-order chi connectivity index (χ1) is 12.5. The topological polar surface area (TPSA) is 52.1 Å². The van der Waals surface area contributed by atoms with Gasteiger partial charge in [0.25, 0.3) is 0 Å². The van der Waals surface area contributed by atoms with Gasteiger partial charge in [0.05, 0.1) is 17.7 Å². The lowest BCUT2D eigenvalue weighted by Gasteiger charge is -2.08. The fraction of sp³-hybridized carbons (Fsp3) is 0.350. The van der Waals surface area contributed by atoms with E-state index in [1.807, 2.05) is 13.8 Å². The second-order valence-corrected chi connectivity index (χ2v) is 8.50. The number of rotatable bonds is 6. The van der Waals surface area contributed by atoms with E-state index >= 15 is 0 Å². The van der Waals surface area contributed by atoms with Crippen LogP contribution in [0.4, 0.5) is 0 Å². The molecule has 0 aliphatic heterocycles. The Kier molecular flexibility index (Phi) is 5.94. The molecule has 3 aromatic rings. The van der Waals surface area contributed by atoms with Crippen LogP contribution < -0.4 is 0 Å². The Morgan fingerprint density at radius 1 is 1.23 bits per heavy atom. The summed E-state index contributed by atoms with van der Waals surface area (Å²) in [5.74, 6) is 0.377. The van der Waals surface area contributed by atoms with Crippen LogP contribution in [0.25, 0.3) is 21.3 Å². The van der Waals surface area contributed by atoms with Gasteiger partial charge >= 0.3 is 5.97 Å². The second-order valence-electron chi connectivity index (χ2n) is 6.67. The van der Waals surface area contributed by atoms with E-state index in [4.69, 9.17) is 4.74 Å². The number of hydrogen-bond donors (Lipinski definition) is 0. The molecule has 0 aliphatic rings. The highest BCUT2D eigenvalue weighted by Crippen LogP contribution is 2.38. The van der Waals surface area contributed by atoms with Crippen molar-refractivity contribution in [3.05, 3.63) is 41.0 Å². The number of thiophene rings is 1. The lowest BCUT2D eigenvalue weighted by molar-refractivity contribution is -0.141. The SMILES string of the molecule is Cc1ccc(-c2csc3ncnc(SCC(=O)OCC(C)C)c23)cc1C. The highest BCUT2D eigenvalue weighted by atomic mass is 32.2. The van der Waals surface area contributed by atoms with E-state index in [9.17, 15) is 4.79 Å². The summed E-state index contributed by atoms with van der Waals surface area (Å²) >= 11 is 3.01. The zero-order valence-electron chi connectivity index (χ0n) is 15.4. The van der Waals surface area contributed by atoms with E-state index < -0.39 is 0 Å². The lowest BCUT2D eigenvalue weighted by Crippen LogP contribution is -2.11. The van der Waals surface area contributed by atoms with Crippen LogP contribution in [0.3, 0.4) is 0 Å². The van der Waals surface area contributed by atoms with Crippen molar-refractivity contribution < 1.29 is 9.53 Å². The molecule has 0 saturated carbocycles. The van der Waals surface area contributed by atoms with Crippen molar-refractivity contribution in [1.82, 2.24) is 9.97 Å². The Hall–Kier alpha value is -1.92. The summed E-state index contributed by atoms with van der Waals surface area (Å²) in [6.45, 7) is 8.72. The summed E-state index contributed by atoms with van der Waals surface area (Å²) in [7, 11) is 0. The predicted molar refractivity (Wildman–Crippen MR) is 109 cm³/mol. The summed E-state index contributed by atoms with van der Waals surface area (Å²) in [6.07, 6.45) is 1.56. The maximum absolute atomic E-state index is 11.9. The van der Waals surface area contributed by atoms with Crippen molar-refractivity contribution in [2.45, 2.75) is 32.7 Å². The average molecular weight is 387 g/mol. The Balaban J connectivity index is 1.88. The van der Waals surface area contributed by atoms with Gasteiger partial charge in [-0.25, -0.2) is 9.97 Å². The number of thioether (sulfide) groups is 1. The van der Waals surface area contributed by atoms with Gasteiger partial charge in [-0.15, -0.1) is 11.3 Å². The third-order valence-electron chi connectivity index (χ3n) is 4.06. The molecule has 0 spiro atoms. The zero-order valence-corrected chi connectivity index (χ0v) is 17.0. The molecule has 0 bridgehead atoms. The van der Waals surface area contributed by atoms with Crippen LogP contribution in [0.5, 0.6) is 0 Å². The van der Waals surface area contributed by atoms with E-state index in [-0.39, 0.29) is 11.7 Å². The molecule has 2 aromatic heterocycles. The van der Waals surface area contributed by atoms with Crippen molar-refractivity contribution in [2.24, 2.45) is 5.92 Å². The smallest absolute Gasteiger partial charge is 0.316 e. The zero-order chi connectivity index (χ0) is 18.7. The van der Waals surface area contributed by atoms with Gasteiger partial charge in [-0.3, -0.25) is 4.79 Å². The summed E-state index contributed by atoms with van der Waals surface area (Å²) in [4.78, 5) is 21.7. The van der Waals surface area contributed by atoms with Crippen LogP contribution in [-0.2, 0) is 9.53 Å². The van der Waals surface area contributed by atoms with E-state index in [0.29, 0.717) is 12.5 Å². The van der Waals surface area contributed by atoms with Crippen LogP contribution in [0.1, 0.15) is 25.0 Å². The van der Waals surface area contributed by atoms with Gasteiger partial charge in [0.2, 0.25) is 0 Å². The first-order valence-corrected chi connectivity index (χ1v) is 10.4. The molecule has 0 saturated heterocycles. The quantitative estimate of drug-likeness (QED) is 0.328. The van der Waals surface area contributed by atoms with Gasteiger partial charge in [0.15, 0.2) is 0 Å². The molecule has 0 fully saturated rings. The normalized spacial score (nSPS) is 11.3. The Bertz CT molecular complexity index is 935. The number of fused-ring (bicyclic) bond motifs is 1. The number of carbonyl (C=O) groups is 1. The van der Waals surface area contributed by atoms with Gasteiger partial charge in [0.1, 0.15) is 16.2 Å². The number of hydrogen-bond acceptors (Lipinski definition) is 6. The van der Waals surface area contributed by atoms with E-state index in [1.165, 1.54) is 22.9 Å². The predicted octanol–water partition coefficient (Wildman–Crippen LogP) is 5.27. The molecule has 4 nitrogen and oxygen atoms in total. The Labute approximate surface area is 162 Å². The van der Waals surface area contributed by atoms with Crippen LogP contribution in [0.2, 0.25) is 0 Å². The number of esters is 1. The molecule has 0 amide bonds. The molecule has 136 valence electrons. The van der Waals surface area contributed by atoms with Crippen LogP contribution >= 0.6 is 23.1 Å². The minimum absolute atomic E-state index is 0.210. The lowest BCUT2D eigenvalue weighted by atomic mass is 10.0. The molecule has 0 unspecified atom stereocenters. The minimum atomic E-state index is -0.210. The van der Waals surface area contributed by atoms with Crippen molar-refractivity contribution in [3.8, 4) is 11.1 Å². The van der Waals surface area contributed by atoms with Gasteiger partial charge < -0.3 is 4.74 Å². The molecule has 1 aromatic carbocycles. The minimum Gasteiger partial charge on any atom is -0.465 e. The monoisotopic (exact) mass is 386 g/mol. The van der Waals surface area contributed by atoms with Crippen LogP contribution in [0.15, 0.2) is 34.9 Å². The van der Waals surface area contributed by atoms with Crippen molar-refractivity contribution in [3.63, 3.8) is 0 Å². The standard InChI is InChI=1S/C20H22N2O2S2/c1-12(2)8-24-17(23)10-26-20-18-16(9-25-19(18)21-11-22-20)15-6-5-13(3)14(4)7-15/h5-7,9,11-12H,8,10H2,1-4H3. The number of carbonyl (C=O) groups excluding carboxylic acids is 1. The summed E-state index contributed by atoms with van der Waals surface area (Å²) < 4.78 is 5.26. The number of benzene rings is 1. The molecule has 0 atom stereocenters. The van der Waals surface area contributed by atoms with Crippen LogP contribution in [0, 0.1) is 19.8 Å². The Morgan fingerprint density at radius 3 is 2.77 bits per heavy atom. The highest BCUT2D eigenvalue weighted by Gasteiger charge is 2.15. The summed E-state index contributed by atoms with van der Waals surface area (Å²) in [5, 5.41) is 3.96. The molecule has 26 heavy (non-hydrogen) atoms. The molecular weight excluding hydrogens is 364 g/mol. The molecule has 0 N–H and O–H groups in total. The maximum atomic E-state index is 11.9. The van der Waals surface area contributed by atoms with E-state index in [0.717, 1.165) is 26.4 Å². The fourth-order valence-corrected chi connectivity index (χ4v) is 4.30. The first-order valence-electron chi connectivity index (χ1n) is 8.54. The molecule has 2 heterocycles. The molecule has 0 aliphatic carbocycles. The number of aromatic nitrogens is 2. The van der Waals surface area contributed by atoms with Gasteiger partial charge in [-0.2, -0.15) is 0 Å².